The first-order chi connectivity index (χ1) is 11.8. The largest absolute Gasteiger partial charge is 0.422 e. The van der Waals surface area contributed by atoms with Crippen LogP contribution in [0.15, 0.2) is 32.5 Å². The molecule has 0 saturated carbocycles. The van der Waals surface area contributed by atoms with Gasteiger partial charge in [0.15, 0.2) is 0 Å². The van der Waals surface area contributed by atoms with Gasteiger partial charge in [-0.1, -0.05) is 13.8 Å². The molecule has 1 aliphatic heterocycles. The number of anilines is 1. The Bertz CT molecular complexity index is 914. The molecule has 1 aliphatic rings. The summed E-state index contributed by atoms with van der Waals surface area (Å²) in [4.78, 5) is 25.7. The maximum atomic E-state index is 12.4. The average molecular weight is 342 g/mol. The standard InChI is InChI=1S/C18H22N4O3/c1-18(2)7-8-22(4)13-6-5-11-9-12(10-20-21-17(24)19-3)16(23)25-15(11)14(13)18/h5-6,9-10H,7-8H2,1-4H3,(H2,19,21,24)/b20-10+. The molecule has 132 valence electrons. The predicted molar refractivity (Wildman–Crippen MR) is 98.6 cm³/mol. The van der Waals surface area contributed by atoms with Crippen LogP contribution in [0.2, 0.25) is 0 Å². The van der Waals surface area contributed by atoms with Gasteiger partial charge in [0.25, 0.3) is 0 Å². The minimum Gasteiger partial charge on any atom is -0.422 e. The van der Waals surface area contributed by atoms with Gasteiger partial charge in [-0.3, -0.25) is 0 Å². The van der Waals surface area contributed by atoms with Crippen LogP contribution in [0.3, 0.4) is 0 Å². The third-order valence-electron chi connectivity index (χ3n) is 4.66. The molecule has 0 aliphatic carbocycles. The van der Waals surface area contributed by atoms with Gasteiger partial charge >= 0.3 is 11.7 Å². The Morgan fingerprint density at radius 2 is 2.16 bits per heavy atom. The molecule has 2 N–H and O–H groups in total. The van der Waals surface area contributed by atoms with Crippen molar-refractivity contribution in [3.05, 3.63) is 39.7 Å². The van der Waals surface area contributed by atoms with E-state index in [1.807, 2.05) is 13.1 Å². The fourth-order valence-corrected chi connectivity index (χ4v) is 3.16. The topological polar surface area (TPSA) is 86.9 Å². The highest BCUT2D eigenvalue weighted by Crippen LogP contribution is 2.42. The highest BCUT2D eigenvalue weighted by molar-refractivity contribution is 5.91. The van der Waals surface area contributed by atoms with Crippen molar-refractivity contribution in [2.24, 2.45) is 5.10 Å². The van der Waals surface area contributed by atoms with Gasteiger partial charge in [-0.25, -0.2) is 15.0 Å². The van der Waals surface area contributed by atoms with Gasteiger partial charge in [-0.2, -0.15) is 5.10 Å². The molecule has 0 atom stereocenters. The van der Waals surface area contributed by atoms with E-state index in [4.69, 9.17) is 4.42 Å². The molecule has 1 aromatic carbocycles. The number of hydrogen-bond acceptors (Lipinski definition) is 5. The van der Waals surface area contributed by atoms with Gasteiger partial charge < -0.3 is 14.6 Å². The number of rotatable bonds is 2. The van der Waals surface area contributed by atoms with Gasteiger partial charge in [0.05, 0.1) is 11.8 Å². The van der Waals surface area contributed by atoms with E-state index in [0.29, 0.717) is 5.58 Å². The van der Waals surface area contributed by atoms with Crippen molar-refractivity contribution in [3.63, 3.8) is 0 Å². The smallest absolute Gasteiger partial charge is 0.345 e. The van der Waals surface area contributed by atoms with Gasteiger partial charge in [-0.05, 0) is 30.0 Å². The summed E-state index contributed by atoms with van der Waals surface area (Å²) in [6, 6.07) is 5.28. The Morgan fingerprint density at radius 1 is 1.40 bits per heavy atom. The van der Waals surface area contributed by atoms with Gasteiger partial charge in [0.1, 0.15) is 5.58 Å². The van der Waals surface area contributed by atoms with E-state index < -0.39 is 11.7 Å². The van der Waals surface area contributed by atoms with Crippen LogP contribution in [0.4, 0.5) is 10.5 Å². The van der Waals surface area contributed by atoms with Crippen molar-refractivity contribution in [1.29, 1.82) is 0 Å². The van der Waals surface area contributed by atoms with Crippen LogP contribution in [-0.2, 0) is 5.41 Å². The van der Waals surface area contributed by atoms with E-state index in [-0.39, 0.29) is 11.0 Å². The zero-order valence-corrected chi connectivity index (χ0v) is 14.8. The fraction of sp³-hybridized carbons (Fsp3) is 0.389. The lowest BCUT2D eigenvalue weighted by molar-refractivity contribution is 0.243. The molecule has 0 spiro atoms. The lowest BCUT2D eigenvalue weighted by atomic mass is 9.77. The quantitative estimate of drug-likeness (QED) is 0.497. The highest BCUT2D eigenvalue weighted by Gasteiger charge is 2.33. The molecule has 3 rings (SSSR count). The van der Waals surface area contributed by atoms with Crippen molar-refractivity contribution >= 4 is 28.9 Å². The summed E-state index contributed by atoms with van der Waals surface area (Å²) in [7, 11) is 3.53. The molecule has 0 unspecified atom stereocenters. The summed E-state index contributed by atoms with van der Waals surface area (Å²) in [6.45, 7) is 5.30. The maximum absolute atomic E-state index is 12.4. The Balaban J connectivity index is 2.10. The summed E-state index contributed by atoms with van der Waals surface area (Å²) in [6.07, 6.45) is 2.27. The molecule has 0 fully saturated rings. The molecule has 2 aromatic rings. The van der Waals surface area contributed by atoms with Crippen LogP contribution in [-0.4, -0.2) is 32.9 Å². The first kappa shape index (κ1) is 17.0. The summed E-state index contributed by atoms with van der Waals surface area (Å²) in [5.74, 6) is 0. The normalized spacial score (nSPS) is 16.1. The number of carbonyl (C=O) groups is 1. The lowest BCUT2D eigenvalue weighted by Crippen LogP contribution is -2.35. The lowest BCUT2D eigenvalue weighted by Gasteiger charge is -2.38. The number of nitrogens with one attached hydrogen (secondary N) is 2. The van der Waals surface area contributed by atoms with Crippen LogP contribution in [0.1, 0.15) is 31.4 Å². The average Bonchev–Trinajstić information content (AvgIpc) is 2.58. The van der Waals surface area contributed by atoms with E-state index >= 15 is 0 Å². The summed E-state index contributed by atoms with van der Waals surface area (Å²) >= 11 is 0. The third-order valence-corrected chi connectivity index (χ3v) is 4.66. The first-order valence-electron chi connectivity index (χ1n) is 8.17. The van der Waals surface area contributed by atoms with Crippen LogP contribution in [0.5, 0.6) is 0 Å². The van der Waals surface area contributed by atoms with E-state index in [1.165, 1.54) is 13.3 Å². The molecule has 0 bridgehead atoms. The number of urea groups is 1. The summed E-state index contributed by atoms with van der Waals surface area (Å²) in [5, 5.41) is 6.96. The molecule has 2 heterocycles. The zero-order valence-electron chi connectivity index (χ0n) is 14.8. The van der Waals surface area contributed by atoms with Crippen molar-refractivity contribution in [1.82, 2.24) is 10.7 Å². The minimum atomic E-state index is -0.479. The van der Waals surface area contributed by atoms with E-state index in [0.717, 1.165) is 29.6 Å². The SMILES string of the molecule is CNC(=O)N/N=C/c1cc2ccc3c(c2oc1=O)C(C)(C)CCN3C. The van der Waals surface area contributed by atoms with Crippen LogP contribution in [0.25, 0.3) is 11.0 Å². The number of hydrazone groups is 1. The molecule has 7 nitrogen and oxygen atoms in total. The molecule has 0 saturated heterocycles. The molecule has 7 heteroatoms. The maximum Gasteiger partial charge on any atom is 0.345 e. The van der Waals surface area contributed by atoms with E-state index in [1.54, 1.807) is 6.07 Å². The second-order valence-electron chi connectivity index (χ2n) is 6.87. The van der Waals surface area contributed by atoms with Crippen LogP contribution < -0.4 is 21.3 Å². The van der Waals surface area contributed by atoms with Crippen molar-refractivity contribution < 1.29 is 9.21 Å². The van der Waals surface area contributed by atoms with Crippen molar-refractivity contribution in [2.75, 3.05) is 25.5 Å². The van der Waals surface area contributed by atoms with Crippen LogP contribution >= 0.6 is 0 Å². The molecule has 2 amide bonds. The van der Waals surface area contributed by atoms with Gasteiger partial charge in [0, 0.05) is 37.3 Å². The number of fused-ring (bicyclic) bond motifs is 3. The minimum absolute atomic E-state index is 0.0757. The van der Waals surface area contributed by atoms with Crippen LogP contribution in [0, 0.1) is 0 Å². The number of hydrogen-bond donors (Lipinski definition) is 2. The van der Waals surface area contributed by atoms with E-state index in [2.05, 4.69) is 40.7 Å². The number of carbonyl (C=O) groups excluding carboxylic acids is 1. The molecular formula is C18H22N4O3. The van der Waals surface area contributed by atoms with Gasteiger partial charge in [0.2, 0.25) is 0 Å². The number of benzene rings is 1. The zero-order chi connectivity index (χ0) is 18.2. The summed E-state index contributed by atoms with van der Waals surface area (Å²) < 4.78 is 5.66. The van der Waals surface area contributed by atoms with Crippen molar-refractivity contribution in [2.45, 2.75) is 25.7 Å². The molecule has 25 heavy (non-hydrogen) atoms. The number of nitrogens with zero attached hydrogens (tertiary/aromatic N) is 2. The third kappa shape index (κ3) is 3.09. The molecule has 0 radical (unpaired) electrons. The monoisotopic (exact) mass is 342 g/mol. The Morgan fingerprint density at radius 3 is 2.88 bits per heavy atom. The Kier molecular flexibility index (Phi) is 4.24. The first-order valence-corrected chi connectivity index (χ1v) is 8.17. The summed E-state index contributed by atoms with van der Waals surface area (Å²) in [5.41, 5.74) is 4.76. The Labute approximate surface area is 145 Å². The molecular weight excluding hydrogens is 320 g/mol. The second-order valence-corrected chi connectivity index (χ2v) is 6.87. The fourth-order valence-electron chi connectivity index (χ4n) is 3.16. The van der Waals surface area contributed by atoms with Gasteiger partial charge in [-0.15, -0.1) is 0 Å². The predicted octanol–water partition coefficient (Wildman–Crippen LogP) is 2.17. The highest BCUT2D eigenvalue weighted by atomic mass is 16.4. The van der Waals surface area contributed by atoms with E-state index in [9.17, 15) is 9.59 Å². The molecule has 1 aromatic heterocycles. The second kappa shape index (κ2) is 6.23. The Hall–Kier alpha value is -2.83. The number of amides is 2. The van der Waals surface area contributed by atoms with Crippen molar-refractivity contribution in [3.8, 4) is 0 Å².